The molecule has 8 heteroatoms. The van der Waals surface area contributed by atoms with Crippen molar-refractivity contribution in [3.8, 4) is 16.9 Å². The van der Waals surface area contributed by atoms with Gasteiger partial charge in [-0.1, -0.05) is 6.07 Å². The van der Waals surface area contributed by atoms with E-state index in [-0.39, 0.29) is 34.9 Å². The molecule has 1 aromatic carbocycles. The molecule has 0 radical (unpaired) electrons. The van der Waals surface area contributed by atoms with Crippen LogP contribution in [0, 0.1) is 17.2 Å². The summed E-state index contributed by atoms with van der Waals surface area (Å²) in [6.45, 7) is 2.20. The summed E-state index contributed by atoms with van der Waals surface area (Å²) < 4.78 is 22.2. The Bertz CT molecular complexity index is 1490. The molecular formula is C29H28FN3O3S. The molecule has 0 unspecified atom stereocenters. The first-order chi connectivity index (χ1) is 17.8. The highest BCUT2D eigenvalue weighted by Gasteiger charge is 2.54. The van der Waals surface area contributed by atoms with Crippen molar-refractivity contribution in [3.63, 3.8) is 0 Å². The lowest BCUT2D eigenvalue weighted by molar-refractivity contribution is -0.134. The fraction of sp³-hybridized carbons (Fsp3) is 0.345. The van der Waals surface area contributed by atoms with Crippen molar-refractivity contribution in [2.24, 2.45) is 11.3 Å². The number of nitrogens with one attached hydrogen (secondary N) is 1. The topological polar surface area (TPSA) is 73.2 Å². The van der Waals surface area contributed by atoms with Gasteiger partial charge < -0.3 is 14.6 Å². The number of amides is 1. The van der Waals surface area contributed by atoms with Gasteiger partial charge in [0.15, 0.2) is 0 Å². The number of hydrogen-bond acceptors (Lipinski definition) is 5. The summed E-state index contributed by atoms with van der Waals surface area (Å²) in [5.74, 6) is 0.564. The predicted octanol–water partition coefficient (Wildman–Crippen LogP) is 5.84. The number of Topliss-reactive ketones (excluding diaryl/α,β-unsaturated/α-hetero) is 1. The van der Waals surface area contributed by atoms with E-state index < -0.39 is 0 Å². The highest BCUT2D eigenvalue weighted by atomic mass is 32.1. The third-order valence-corrected chi connectivity index (χ3v) is 8.89. The molecule has 0 bridgehead atoms. The van der Waals surface area contributed by atoms with Gasteiger partial charge in [0.2, 0.25) is 0 Å². The summed E-state index contributed by atoms with van der Waals surface area (Å²) in [5, 5.41) is 5.14. The van der Waals surface area contributed by atoms with E-state index in [2.05, 4.69) is 14.9 Å². The quantitative estimate of drug-likeness (QED) is 0.334. The van der Waals surface area contributed by atoms with Crippen LogP contribution in [-0.4, -0.2) is 34.4 Å². The van der Waals surface area contributed by atoms with Gasteiger partial charge in [-0.3, -0.25) is 14.6 Å². The summed E-state index contributed by atoms with van der Waals surface area (Å²) in [7, 11) is 1.51. The van der Waals surface area contributed by atoms with Gasteiger partial charge in [0.05, 0.1) is 35.1 Å². The molecule has 0 saturated heterocycles. The van der Waals surface area contributed by atoms with Gasteiger partial charge in [-0.25, -0.2) is 4.39 Å². The Balaban J connectivity index is 1.14. The molecular weight excluding hydrogens is 489 g/mol. The predicted molar refractivity (Wildman–Crippen MR) is 141 cm³/mol. The van der Waals surface area contributed by atoms with E-state index in [1.54, 1.807) is 30.5 Å². The number of methoxy groups -OCH3 is 1. The van der Waals surface area contributed by atoms with Crippen molar-refractivity contribution in [2.75, 3.05) is 7.11 Å². The number of thiophene rings is 1. The Hall–Kier alpha value is -3.52. The average Bonchev–Trinajstić information content (AvgIpc) is 3.42. The minimum absolute atomic E-state index is 0.0446. The van der Waals surface area contributed by atoms with Gasteiger partial charge in [-0.15, -0.1) is 11.3 Å². The number of pyridine rings is 1. The minimum atomic E-state index is -0.360. The standard InChI is InChI=1S/C29H28FN3O3S/c1-17(34)20-10-29(11-20)12-23(13-29)32-28(35)25-16-37-26-5-6-33(27(25)26)15-22-4-3-18(14-31-22)19-7-21(30)9-24(8-19)36-2/h3-9,14,16,20,23H,10-13,15H2,1-2H3,(H,32,35). The molecule has 1 spiro atoms. The Kier molecular flexibility index (Phi) is 5.87. The molecule has 2 fully saturated rings. The van der Waals surface area contributed by atoms with Crippen LogP contribution in [0.4, 0.5) is 4.39 Å². The van der Waals surface area contributed by atoms with Crippen LogP contribution in [0.5, 0.6) is 5.75 Å². The van der Waals surface area contributed by atoms with Gasteiger partial charge in [-0.2, -0.15) is 0 Å². The number of aromatic nitrogens is 2. The lowest BCUT2D eigenvalue weighted by Crippen LogP contribution is -2.57. The summed E-state index contributed by atoms with van der Waals surface area (Å²) in [5.41, 5.74) is 4.21. The molecule has 2 saturated carbocycles. The lowest BCUT2D eigenvalue weighted by Gasteiger charge is -2.57. The van der Waals surface area contributed by atoms with Crippen molar-refractivity contribution < 1.29 is 18.7 Å². The first kappa shape index (κ1) is 23.9. The van der Waals surface area contributed by atoms with Gasteiger partial charge in [-0.05, 0) is 67.9 Å². The van der Waals surface area contributed by atoms with Crippen molar-refractivity contribution in [1.82, 2.24) is 14.9 Å². The van der Waals surface area contributed by atoms with Crippen molar-refractivity contribution in [3.05, 3.63) is 71.2 Å². The average molecular weight is 518 g/mol. The van der Waals surface area contributed by atoms with Crippen molar-refractivity contribution in [1.29, 1.82) is 0 Å². The van der Waals surface area contributed by atoms with E-state index in [4.69, 9.17) is 4.74 Å². The zero-order valence-corrected chi connectivity index (χ0v) is 21.6. The van der Waals surface area contributed by atoms with E-state index >= 15 is 0 Å². The van der Waals surface area contributed by atoms with Crippen LogP contribution in [-0.2, 0) is 11.3 Å². The summed E-state index contributed by atoms with van der Waals surface area (Å²) in [4.78, 5) is 29.3. The molecule has 6 rings (SSSR count). The number of halogens is 1. The van der Waals surface area contributed by atoms with Crippen LogP contribution in [0.1, 0.15) is 48.7 Å². The number of ketones is 1. The Labute approximate surface area is 218 Å². The number of benzene rings is 1. The van der Waals surface area contributed by atoms with Crippen LogP contribution < -0.4 is 10.1 Å². The second-order valence-corrected chi connectivity index (χ2v) is 11.4. The fourth-order valence-corrected chi connectivity index (χ4v) is 6.92. The molecule has 0 atom stereocenters. The van der Waals surface area contributed by atoms with E-state index in [9.17, 15) is 14.0 Å². The lowest BCUT2D eigenvalue weighted by atomic mass is 9.49. The van der Waals surface area contributed by atoms with E-state index in [0.29, 0.717) is 23.4 Å². The van der Waals surface area contributed by atoms with Gasteiger partial charge in [0.1, 0.15) is 17.3 Å². The molecule has 6 nitrogen and oxygen atoms in total. The number of ether oxygens (including phenoxy) is 1. The number of rotatable bonds is 7. The maximum atomic E-state index is 13.9. The zero-order chi connectivity index (χ0) is 25.7. The van der Waals surface area contributed by atoms with Gasteiger partial charge in [0, 0.05) is 41.4 Å². The summed E-state index contributed by atoms with van der Waals surface area (Å²) in [6.07, 6.45) is 7.58. The van der Waals surface area contributed by atoms with E-state index in [0.717, 1.165) is 47.2 Å². The number of carbonyl (C=O) groups is 2. The maximum Gasteiger partial charge on any atom is 0.254 e. The Morgan fingerprint density at radius 2 is 1.97 bits per heavy atom. The Morgan fingerprint density at radius 3 is 2.68 bits per heavy atom. The second kappa shape index (κ2) is 9.10. The molecule has 4 aromatic rings. The fourth-order valence-electron chi connectivity index (χ4n) is 5.97. The molecule has 3 aromatic heterocycles. The molecule has 0 aliphatic heterocycles. The van der Waals surface area contributed by atoms with E-state index in [1.165, 1.54) is 19.2 Å². The monoisotopic (exact) mass is 517 g/mol. The maximum absolute atomic E-state index is 13.9. The van der Waals surface area contributed by atoms with Crippen molar-refractivity contribution in [2.45, 2.75) is 45.2 Å². The first-order valence-corrected chi connectivity index (χ1v) is 13.4. The van der Waals surface area contributed by atoms with E-state index in [1.807, 2.05) is 29.8 Å². The number of carbonyl (C=O) groups excluding carboxylic acids is 2. The molecule has 2 aliphatic rings. The third-order valence-electron chi connectivity index (χ3n) is 7.96. The molecule has 1 amide bonds. The third kappa shape index (κ3) is 4.44. The highest BCUT2D eigenvalue weighted by Crippen LogP contribution is 2.58. The van der Waals surface area contributed by atoms with Crippen LogP contribution in [0.3, 0.4) is 0 Å². The largest absolute Gasteiger partial charge is 0.497 e. The van der Waals surface area contributed by atoms with Gasteiger partial charge >= 0.3 is 0 Å². The minimum Gasteiger partial charge on any atom is -0.497 e. The van der Waals surface area contributed by atoms with Crippen LogP contribution in [0.2, 0.25) is 0 Å². The molecule has 2 aliphatic carbocycles. The number of fused-ring (bicyclic) bond motifs is 1. The Morgan fingerprint density at radius 1 is 1.16 bits per heavy atom. The molecule has 37 heavy (non-hydrogen) atoms. The highest BCUT2D eigenvalue weighted by molar-refractivity contribution is 7.17. The van der Waals surface area contributed by atoms with Gasteiger partial charge in [0.25, 0.3) is 5.91 Å². The number of nitrogens with zero attached hydrogens (tertiary/aromatic N) is 2. The van der Waals surface area contributed by atoms with Crippen molar-refractivity contribution >= 4 is 33.2 Å². The molecule has 1 N–H and O–H groups in total. The van der Waals surface area contributed by atoms with Crippen LogP contribution in [0.15, 0.2) is 54.2 Å². The normalized spacial score (nSPS) is 22.5. The summed E-state index contributed by atoms with van der Waals surface area (Å²) >= 11 is 1.56. The molecule has 3 heterocycles. The zero-order valence-electron chi connectivity index (χ0n) is 20.8. The summed E-state index contributed by atoms with van der Waals surface area (Å²) in [6, 6.07) is 10.6. The SMILES string of the molecule is COc1cc(F)cc(-c2ccc(Cn3ccc4scc(C(=O)NC5CC6(C5)CC(C(C)=O)C6)c43)nc2)c1. The molecule has 190 valence electrons. The number of hydrogen-bond donors (Lipinski definition) is 1. The van der Waals surface area contributed by atoms with Crippen LogP contribution in [0.25, 0.3) is 21.3 Å². The smallest absolute Gasteiger partial charge is 0.254 e. The second-order valence-electron chi connectivity index (χ2n) is 10.5. The van der Waals surface area contributed by atoms with Crippen LogP contribution >= 0.6 is 11.3 Å². The first-order valence-electron chi connectivity index (χ1n) is 12.5.